The highest BCUT2D eigenvalue weighted by Gasteiger charge is 2.28. The number of nitrogens with one attached hydrogen (secondary N) is 1. The summed E-state index contributed by atoms with van der Waals surface area (Å²) in [4.78, 5) is 12.0. The van der Waals surface area contributed by atoms with Gasteiger partial charge in [-0.15, -0.1) is 0 Å². The van der Waals surface area contributed by atoms with E-state index < -0.39 is 15.9 Å². The van der Waals surface area contributed by atoms with Gasteiger partial charge in [0, 0.05) is 6.54 Å². The number of hydrogen-bond donors (Lipinski definition) is 1. The average molecular weight is 322 g/mol. The van der Waals surface area contributed by atoms with Gasteiger partial charge in [-0.05, 0) is 43.5 Å². The molecular weight excluding hydrogens is 304 g/mol. The van der Waals surface area contributed by atoms with E-state index in [-0.39, 0.29) is 23.3 Å². The quantitative estimate of drug-likeness (QED) is 0.868. The smallest absolute Gasteiger partial charge is 0.260 e. The van der Waals surface area contributed by atoms with E-state index in [1.54, 1.807) is 31.2 Å². The Balaban J connectivity index is 1.80. The minimum absolute atomic E-state index is 0.0175. The predicted octanol–water partition coefficient (Wildman–Crippen LogP) is 0.876. The van der Waals surface area contributed by atoms with E-state index >= 15 is 0 Å². The number of hydrogen-bond acceptors (Lipinski definition) is 5. The molecule has 1 amide bonds. The van der Waals surface area contributed by atoms with Crippen LogP contribution in [0, 0.1) is 17.2 Å². The first-order chi connectivity index (χ1) is 10.4. The molecule has 1 N–H and O–H groups in total. The molecule has 7 heteroatoms. The second-order valence-electron chi connectivity index (χ2n) is 5.41. The van der Waals surface area contributed by atoms with Crippen molar-refractivity contribution in [2.45, 2.75) is 19.4 Å². The molecular formula is C15H18N2O4S. The van der Waals surface area contributed by atoms with E-state index in [0.29, 0.717) is 24.3 Å². The van der Waals surface area contributed by atoms with E-state index in [1.807, 2.05) is 6.07 Å². The molecule has 6 nitrogen and oxygen atoms in total. The molecule has 0 aromatic heterocycles. The topological polar surface area (TPSA) is 96.3 Å². The first-order valence-corrected chi connectivity index (χ1v) is 8.87. The monoisotopic (exact) mass is 322 g/mol. The fraction of sp³-hybridized carbons (Fsp3) is 0.467. The lowest BCUT2D eigenvalue weighted by Gasteiger charge is -2.16. The first kappa shape index (κ1) is 16.3. The van der Waals surface area contributed by atoms with Gasteiger partial charge < -0.3 is 10.1 Å². The Labute approximate surface area is 130 Å². The molecule has 1 saturated heterocycles. The molecule has 0 aliphatic carbocycles. The highest BCUT2D eigenvalue weighted by atomic mass is 32.2. The fourth-order valence-electron chi connectivity index (χ4n) is 2.29. The second-order valence-corrected chi connectivity index (χ2v) is 7.64. The van der Waals surface area contributed by atoms with Gasteiger partial charge in [-0.3, -0.25) is 4.79 Å². The molecule has 0 saturated carbocycles. The zero-order chi connectivity index (χ0) is 16.2. The molecule has 1 aromatic rings. The van der Waals surface area contributed by atoms with Crippen molar-refractivity contribution >= 4 is 15.7 Å². The van der Waals surface area contributed by atoms with Gasteiger partial charge >= 0.3 is 0 Å². The summed E-state index contributed by atoms with van der Waals surface area (Å²) in [6, 6.07) is 8.50. The third-order valence-electron chi connectivity index (χ3n) is 3.56. The van der Waals surface area contributed by atoms with Crippen LogP contribution in [0.15, 0.2) is 24.3 Å². The molecule has 1 heterocycles. The van der Waals surface area contributed by atoms with Crippen LogP contribution in [0.3, 0.4) is 0 Å². The van der Waals surface area contributed by atoms with Crippen LogP contribution in [0.2, 0.25) is 0 Å². The molecule has 1 aliphatic rings. The minimum Gasteiger partial charge on any atom is -0.481 e. The van der Waals surface area contributed by atoms with Gasteiger partial charge in [0.1, 0.15) is 5.75 Å². The molecule has 2 rings (SSSR count). The van der Waals surface area contributed by atoms with E-state index in [2.05, 4.69) is 5.32 Å². The number of rotatable bonds is 5. The number of nitrogens with zero attached hydrogens (tertiary/aromatic N) is 1. The SMILES string of the molecule is CC(Oc1ccc(C#N)cc1)C(=O)NCC1CCS(=O)(=O)C1. The lowest BCUT2D eigenvalue weighted by molar-refractivity contribution is -0.127. The molecule has 0 radical (unpaired) electrons. The van der Waals surface area contributed by atoms with Gasteiger partial charge in [-0.25, -0.2) is 8.42 Å². The van der Waals surface area contributed by atoms with Crippen LogP contribution in [0.4, 0.5) is 0 Å². The Bertz CT molecular complexity index is 676. The van der Waals surface area contributed by atoms with Gasteiger partial charge in [0.05, 0.1) is 23.1 Å². The molecule has 1 fully saturated rings. The second kappa shape index (κ2) is 6.79. The van der Waals surface area contributed by atoms with Crippen LogP contribution in [0.5, 0.6) is 5.75 Å². The van der Waals surface area contributed by atoms with Crippen molar-refractivity contribution in [2.75, 3.05) is 18.1 Å². The summed E-state index contributed by atoms with van der Waals surface area (Å²) in [5.74, 6) is 0.540. The number of benzene rings is 1. The van der Waals surface area contributed by atoms with Crippen LogP contribution in [0.25, 0.3) is 0 Å². The molecule has 1 aliphatic heterocycles. The lowest BCUT2D eigenvalue weighted by Crippen LogP contribution is -2.39. The maximum Gasteiger partial charge on any atom is 0.260 e. The van der Waals surface area contributed by atoms with Crippen molar-refractivity contribution in [3.63, 3.8) is 0 Å². The largest absolute Gasteiger partial charge is 0.481 e. The predicted molar refractivity (Wildman–Crippen MR) is 81.0 cm³/mol. The van der Waals surface area contributed by atoms with Gasteiger partial charge in [0.25, 0.3) is 5.91 Å². The molecule has 118 valence electrons. The van der Waals surface area contributed by atoms with Crippen molar-refractivity contribution in [3.8, 4) is 11.8 Å². The van der Waals surface area contributed by atoms with E-state index in [9.17, 15) is 13.2 Å². The number of carbonyl (C=O) groups is 1. The van der Waals surface area contributed by atoms with Gasteiger partial charge in [0.2, 0.25) is 0 Å². The molecule has 2 atom stereocenters. The zero-order valence-electron chi connectivity index (χ0n) is 12.3. The lowest BCUT2D eigenvalue weighted by atomic mass is 10.1. The summed E-state index contributed by atoms with van der Waals surface area (Å²) in [5.41, 5.74) is 0.520. The van der Waals surface area contributed by atoms with Crippen LogP contribution >= 0.6 is 0 Å². The van der Waals surface area contributed by atoms with Crippen LogP contribution in [-0.4, -0.2) is 38.5 Å². The van der Waals surface area contributed by atoms with Crippen molar-refractivity contribution in [3.05, 3.63) is 29.8 Å². The Morgan fingerprint density at radius 2 is 2.14 bits per heavy atom. The number of ether oxygens (including phenoxy) is 1. The summed E-state index contributed by atoms with van der Waals surface area (Å²) in [7, 11) is -2.93. The van der Waals surface area contributed by atoms with E-state index in [4.69, 9.17) is 10.00 Å². The summed E-state index contributed by atoms with van der Waals surface area (Å²) in [6.07, 6.45) is -0.0982. The fourth-order valence-corrected chi connectivity index (χ4v) is 4.15. The Morgan fingerprint density at radius 3 is 2.68 bits per heavy atom. The third-order valence-corrected chi connectivity index (χ3v) is 5.39. The van der Waals surface area contributed by atoms with Gasteiger partial charge in [0.15, 0.2) is 15.9 Å². The van der Waals surface area contributed by atoms with E-state index in [0.717, 1.165) is 0 Å². The number of sulfone groups is 1. The van der Waals surface area contributed by atoms with Crippen LogP contribution < -0.4 is 10.1 Å². The van der Waals surface area contributed by atoms with Crippen molar-refractivity contribution in [1.29, 1.82) is 5.26 Å². The maximum atomic E-state index is 12.0. The number of nitriles is 1. The zero-order valence-corrected chi connectivity index (χ0v) is 13.1. The Hall–Kier alpha value is -2.07. The normalized spacial score (nSPS) is 20.8. The van der Waals surface area contributed by atoms with Gasteiger partial charge in [-0.2, -0.15) is 5.26 Å². The van der Waals surface area contributed by atoms with Crippen molar-refractivity contribution < 1.29 is 17.9 Å². The molecule has 2 unspecified atom stereocenters. The molecule has 0 bridgehead atoms. The minimum atomic E-state index is -2.93. The van der Waals surface area contributed by atoms with Crippen LogP contribution in [0.1, 0.15) is 18.9 Å². The number of amides is 1. The van der Waals surface area contributed by atoms with Crippen LogP contribution in [-0.2, 0) is 14.6 Å². The summed E-state index contributed by atoms with van der Waals surface area (Å²) in [5, 5.41) is 11.4. The Morgan fingerprint density at radius 1 is 1.45 bits per heavy atom. The molecule has 1 aromatic carbocycles. The summed E-state index contributed by atoms with van der Waals surface area (Å²) >= 11 is 0. The van der Waals surface area contributed by atoms with Crippen molar-refractivity contribution in [2.24, 2.45) is 5.92 Å². The highest BCUT2D eigenvalue weighted by molar-refractivity contribution is 7.91. The summed E-state index contributed by atoms with van der Waals surface area (Å²) in [6.45, 7) is 1.97. The third kappa shape index (κ3) is 4.46. The molecule has 22 heavy (non-hydrogen) atoms. The molecule has 0 spiro atoms. The Kier molecular flexibility index (Phi) is 5.03. The van der Waals surface area contributed by atoms with E-state index in [1.165, 1.54) is 0 Å². The summed E-state index contributed by atoms with van der Waals surface area (Å²) < 4.78 is 28.2. The van der Waals surface area contributed by atoms with Gasteiger partial charge in [-0.1, -0.05) is 0 Å². The van der Waals surface area contributed by atoms with Crippen molar-refractivity contribution in [1.82, 2.24) is 5.32 Å². The first-order valence-electron chi connectivity index (χ1n) is 7.04. The average Bonchev–Trinajstić information content (AvgIpc) is 2.84. The maximum absolute atomic E-state index is 12.0. The highest BCUT2D eigenvalue weighted by Crippen LogP contribution is 2.17. The standard InChI is InChI=1S/C15H18N2O4S/c1-11(21-14-4-2-12(8-16)3-5-14)15(18)17-9-13-6-7-22(19,20)10-13/h2-5,11,13H,6-7,9-10H2,1H3,(H,17,18). The number of carbonyl (C=O) groups excluding carboxylic acids is 1.